The molecule has 0 aliphatic carbocycles. The zero-order chi connectivity index (χ0) is 16.8. The van der Waals surface area contributed by atoms with Gasteiger partial charge in [-0.05, 0) is 43.1 Å². The first-order valence-corrected chi connectivity index (χ1v) is 8.67. The number of nitrogens with zero attached hydrogens (tertiary/aromatic N) is 4. The summed E-state index contributed by atoms with van der Waals surface area (Å²) in [5, 5.41) is 10.4. The van der Waals surface area contributed by atoms with Crippen LogP contribution in [0.4, 0.5) is 5.69 Å². The Morgan fingerprint density at radius 2 is 2.00 bits per heavy atom. The Hall–Kier alpha value is -2.06. The molecule has 3 heterocycles. The minimum Gasteiger partial charge on any atom is -0.368 e. The van der Waals surface area contributed by atoms with Crippen molar-refractivity contribution in [2.24, 2.45) is 5.92 Å². The molecule has 0 bridgehead atoms. The summed E-state index contributed by atoms with van der Waals surface area (Å²) in [4.78, 5) is 9.54. The molecule has 0 N–H and O–H groups in total. The Labute approximate surface area is 144 Å². The van der Waals surface area contributed by atoms with E-state index in [1.165, 1.54) is 18.7 Å². The molecule has 2 fully saturated rings. The van der Waals surface area contributed by atoms with Gasteiger partial charge in [0.1, 0.15) is 13.9 Å². The minimum atomic E-state index is 0.457. The molecule has 1 aromatic carbocycles. The molecule has 3 unspecified atom stereocenters. The van der Waals surface area contributed by atoms with Gasteiger partial charge in [0.25, 0.3) is 0 Å². The van der Waals surface area contributed by atoms with E-state index in [0.29, 0.717) is 28.8 Å². The van der Waals surface area contributed by atoms with Crippen molar-refractivity contribution in [3.8, 4) is 6.07 Å². The first kappa shape index (κ1) is 15.5. The maximum atomic E-state index is 9.37. The Kier molecular flexibility index (Phi) is 3.73. The van der Waals surface area contributed by atoms with E-state index < -0.39 is 0 Å². The molecular weight excluding hydrogens is 295 g/mol. The molecule has 4 nitrogen and oxygen atoms in total. The summed E-state index contributed by atoms with van der Waals surface area (Å²) >= 11 is 0. The number of fused-ring (bicyclic) bond motifs is 2. The van der Waals surface area contributed by atoms with Crippen LogP contribution in [0.2, 0.25) is 0 Å². The lowest BCUT2D eigenvalue weighted by atomic mass is 9.99. The molecule has 5 heteroatoms. The highest BCUT2D eigenvalue weighted by Crippen LogP contribution is 2.34. The van der Waals surface area contributed by atoms with Crippen molar-refractivity contribution in [1.82, 2.24) is 9.88 Å². The monoisotopic (exact) mass is 316 g/mol. The van der Waals surface area contributed by atoms with Crippen LogP contribution >= 0.6 is 0 Å². The van der Waals surface area contributed by atoms with Gasteiger partial charge in [0.15, 0.2) is 0 Å². The van der Waals surface area contributed by atoms with Gasteiger partial charge in [-0.1, -0.05) is 13.0 Å². The zero-order valence-electron chi connectivity index (χ0n) is 14.2. The van der Waals surface area contributed by atoms with Gasteiger partial charge in [-0.3, -0.25) is 9.88 Å². The van der Waals surface area contributed by atoms with E-state index in [9.17, 15) is 5.26 Å². The molecule has 3 atom stereocenters. The van der Waals surface area contributed by atoms with Gasteiger partial charge in [-0.2, -0.15) is 5.26 Å². The predicted octanol–water partition coefficient (Wildman–Crippen LogP) is 1.82. The van der Waals surface area contributed by atoms with Crippen molar-refractivity contribution < 1.29 is 0 Å². The van der Waals surface area contributed by atoms with Gasteiger partial charge in [-0.15, -0.1) is 0 Å². The van der Waals surface area contributed by atoms with E-state index >= 15 is 0 Å². The number of nitriles is 1. The number of hydrogen-bond acceptors (Lipinski definition) is 4. The van der Waals surface area contributed by atoms with Gasteiger partial charge in [-0.25, -0.2) is 0 Å². The first-order chi connectivity index (χ1) is 11.6. The summed E-state index contributed by atoms with van der Waals surface area (Å²) in [6.07, 6.45) is 1.26. The number of hydrogen-bond donors (Lipinski definition) is 0. The van der Waals surface area contributed by atoms with Gasteiger partial charge in [0, 0.05) is 42.8 Å². The number of benzene rings is 1. The highest BCUT2D eigenvalue weighted by molar-refractivity contribution is 6.31. The number of anilines is 1. The molecule has 2 saturated heterocycles. The van der Waals surface area contributed by atoms with Crippen LogP contribution < -0.4 is 10.5 Å². The zero-order valence-corrected chi connectivity index (χ0v) is 14.2. The number of piperazine rings is 1. The van der Waals surface area contributed by atoms with Crippen LogP contribution in [0.15, 0.2) is 24.3 Å². The molecule has 120 valence electrons. The van der Waals surface area contributed by atoms with Crippen molar-refractivity contribution in [3.63, 3.8) is 0 Å². The lowest BCUT2D eigenvalue weighted by Crippen LogP contribution is -2.55. The van der Waals surface area contributed by atoms with Crippen molar-refractivity contribution >= 4 is 30.0 Å². The lowest BCUT2D eigenvalue weighted by molar-refractivity contribution is 0.164. The largest absolute Gasteiger partial charge is 0.368 e. The molecule has 2 radical (unpaired) electrons. The average molecular weight is 316 g/mol. The van der Waals surface area contributed by atoms with Crippen LogP contribution in [0, 0.1) is 17.2 Å². The molecule has 2 aliphatic rings. The fourth-order valence-corrected chi connectivity index (χ4v) is 4.44. The summed E-state index contributed by atoms with van der Waals surface area (Å²) in [5.74, 6) is 0.775. The van der Waals surface area contributed by atoms with Gasteiger partial charge in [0.2, 0.25) is 0 Å². The normalized spacial score (nSPS) is 27.2. The Bertz CT molecular complexity index is 828. The van der Waals surface area contributed by atoms with Crippen LogP contribution in [0.5, 0.6) is 0 Å². The summed E-state index contributed by atoms with van der Waals surface area (Å²) in [6.45, 7) is 7.93. The second-order valence-corrected chi connectivity index (χ2v) is 7.32. The molecule has 2 aromatic rings. The van der Waals surface area contributed by atoms with E-state index in [2.05, 4.69) is 40.8 Å². The minimum absolute atomic E-state index is 0.457. The van der Waals surface area contributed by atoms with Crippen LogP contribution in [0.3, 0.4) is 0 Å². The summed E-state index contributed by atoms with van der Waals surface area (Å²) < 4.78 is 0. The highest BCUT2D eigenvalue weighted by atomic mass is 15.3. The van der Waals surface area contributed by atoms with Gasteiger partial charge < -0.3 is 4.90 Å². The van der Waals surface area contributed by atoms with E-state index in [1.54, 1.807) is 0 Å². The second-order valence-electron chi connectivity index (χ2n) is 7.32. The number of rotatable bonds is 1. The molecule has 2 aliphatic heterocycles. The van der Waals surface area contributed by atoms with E-state index in [4.69, 9.17) is 7.85 Å². The van der Waals surface area contributed by atoms with Crippen LogP contribution in [-0.4, -0.2) is 49.4 Å². The maximum absolute atomic E-state index is 9.37. The molecule has 0 spiro atoms. The van der Waals surface area contributed by atoms with Crippen molar-refractivity contribution in [1.29, 1.82) is 5.26 Å². The second kappa shape index (κ2) is 5.79. The quantitative estimate of drug-likeness (QED) is 0.753. The SMILES string of the molecule is [B]c1ccc2c(N3CC(C)N4CC(C)CC4C3)ccc(C#N)c2n1. The predicted molar refractivity (Wildman–Crippen MR) is 97.8 cm³/mol. The molecule has 24 heavy (non-hydrogen) atoms. The van der Waals surface area contributed by atoms with Crippen LogP contribution in [0.1, 0.15) is 25.8 Å². The van der Waals surface area contributed by atoms with E-state index in [1.807, 2.05) is 18.2 Å². The summed E-state index contributed by atoms with van der Waals surface area (Å²) in [5.41, 5.74) is 2.92. The van der Waals surface area contributed by atoms with E-state index in [0.717, 1.165) is 24.4 Å². The third kappa shape index (κ3) is 2.46. The average Bonchev–Trinajstić information content (AvgIpc) is 2.94. The number of pyridine rings is 1. The maximum Gasteiger partial charge on any atom is 0.141 e. The summed E-state index contributed by atoms with van der Waals surface area (Å²) in [7, 11) is 5.84. The lowest BCUT2D eigenvalue weighted by Gasteiger charge is -2.43. The Morgan fingerprint density at radius 1 is 1.17 bits per heavy atom. The van der Waals surface area contributed by atoms with Gasteiger partial charge >= 0.3 is 0 Å². The fourth-order valence-electron chi connectivity index (χ4n) is 4.44. The molecule has 0 saturated carbocycles. The molecule has 4 rings (SSSR count). The third-order valence-corrected chi connectivity index (χ3v) is 5.46. The Balaban J connectivity index is 1.76. The standard InChI is InChI=1S/C19H21BN4/c1-12-7-15-11-23(10-13(2)24(15)9-12)17-5-3-14(8-21)19-16(17)4-6-18(20)22-19/h3-6,12-13,15H,7,9-11H2,1-2H3. The van der Waals surface area contributed by atoms with E-state index in [-0.39, 0.29) is 0 Å². The Morgan fingerprint density at radius 3 is 2.79 bits per heavy atom. The fraction of sp³-hybridized carbons (Fsp3) is 0.474. The third-order valence-electron chi connectivity index (χ3n) is 5.46. The van der Waals surface area contributed by atoms with Crippen LogP contribution in [-0.2, 0) is 0 Å². The first-order valence-electron chi connectivity index (χ1n) is 8.67. The topological polar surface area (TPSA) is 43.2 Å². The summed E-state index contributed by atoms with van der Waals surface area (Å²) in [6, 6.07) is 11.2. The van der Waals surface area contributed by atoms with Gasteiger partial charge in [0.05, 0.1) is 11.1 Å². The van der Waals surface area contributed by atoms with Crippen molar-refractivity contribution in [2.45, 2.75) is 32.4 Å². The van der Waals surface area contributed by atoms with Crippen molar-refractivity contribution in [3.05, 3.63) is 29.8 Å². The molecule has 0 amide bonds. The smallest absolute Gasteiger partial charge is 0.141 e. The van der Waals surface area contributed by atoms with Crippen LogP contribution in [0.25, 0.3) is 10.9 Å². The molecule has 1 aromatic heterocycles. The molecular formula is C19H21BN4. The number of aromatic nitrogens is 1. The highest BCUT2D eigenvalue weighted by Gasteiger charge is 2.38. The van der Waals surface area contributed by atoms with Crippen molar-refractivity contribution in [2.75, 3.05) is 24.5 Å².